The topological polar surface area (TPSA) is 118 Å². The van der Waals surface area contributed by atoms with E-state index in [-0.39, 0.29) is 0 Å². The summed E-state index contributed by atoms with van der Waals surface area (Å²) in [6.07, 6.45) is -6.99. The van der Waals surface area contributed by atoms with Crippen molar-refractivity contribution in [1.29, 1.82) is 0 Å². The van der Waals surface area contributed by atoms with Crippen molar-refractivity contribution in [3.05, 3.63) is 0 Å². The van der Waals surface area contributed by atoms with Crippen LogP contribution in [0.1, 0.15) is 20.8 Å². The van der Waals surface area contributed by atoms with Crippen LogP contribution in [0.4, 0.5) is 0 Å². The van der Waals surface area contributed by atoms with Crippen molar-refractivity contribution in [2.75, 3.05) is 6.61 Å². The maximum atomic E-state index is 11.6. The minimum atomic E-state index is -1.83. The van der Waals surface area contributed by atoms with E-state index in [4.69, 9.17) is 10.2 Å². The Balaban J connectivity index is 4.61. The third-order valence-electron chi connectivity index (χ3n) is 2.26. The molecular formula is C10H20O6. The first kappa shape index (κ1) is 15.5. The predicted octanol–water partition coefficient (Wildman–Crippen LogP) is -1.96. The van der Waals surface area contributed by atoms with Crippen molar-refractivity contribution < 1.29 is 30.3 Å². The maximum Gasteiger partial charge on any atom is 0.169 e. The van der Waals surface area contributed by atoms with Crippen LogP contribution in [-0.4, -0.2) is 62.3 Å². The van der Waals surface area contributed by atoms with Gasteiger partial charge in [0.25, 0.3) is 0 Å². The van der Waals surface area contributed by atoms with E-state index in [9.17, 15) is 20.1 Å². The van der Waals surface area contributed by atoms with E-state index in [1.165, 1.54) is 0 Å². The monoisotopic (exact) mass is 236 g/mol. The highest BCUT2D eigenvalue weighted by Gasteiger charge is 2.38. The molecule has 96 valence electrons. The summed E-state index contributed by atoms with van der Waals surface area (Å²) in [4.78, 5) is 11.6. The summed E-state index contributed by atoms with van der Waals surface area (Å²) >= 11 is 0. The number of hydrogen-bond acceptors (Lipinski definition) is 6. The van der Waals surface area contributed by atoms with Gasteiger partial charge in [0.15, 0.2) is 5.78 Å². The van der Waals surface area contributed by atoms with E-state index >= 15 is 0 Å². The van der Waals surface area contributed by atoms with E-state index in [1.807, 2.05) is 0 Å². The molecule has 0 bridgehead atoms. The Morgan fingerprint density at radius 3 is 1.81 bits per heavy atom. The van der Waals surface area contributed by atoms with Crippen molar-refractivity contribution in [3.8, 4) is 0 Å². The fraction of sp³-hybridized carbons (Fsp3) is 0.900. The highest BCUT2D eigenvalue weighted by Crippen LogP contribution is 2.19. The number of hydrogen-bond donors (Lipinski definition) is 5. The standard InChI is InChI=1S/C10H20O6/c1-10(2,3)9(16)8(15)7(14)6(13)5(12)4-11/h5-8,11-15H,4H2,1-3H3/t5-,6-,7+,8-/m1/s1. The highest BCUT2D eigenvalue weighted by molar-refractivity contribution is 5.88. The second-order valence-electron chi connectivity index (χ2n) is 4.79. The van der Waals surface area contributed by atoms with Gasteiger partial charge in [-0.15, -0.1) is 0 Å². The zero-order chi connectivity index (χ0) is 13.1. The van der Waals surface area contributed by atoms with Gasteiger partial charge in [0.2, 0.25) is 0 Å². The molecule has 0 spiro atoms. The van der Waals surface area contributed by atoms with Crippen LogP contribution in [0.2, 0.25) is 0 Å². The first-order valence-corrected chi connectivity index (χ1v) is 5.00. The van der Waals surface area contributed by atoms with Crippen molar-refractivity contribution in [1.82, 2.24) is 0 Å². The van der Waals surface area contributed by atoms with Crippen molar-refractivity contribution in [3.63, 3.8) is 0 Å². The van der Waals surface area contributed by atoms with Crippen LogP contribution >= 0.6 is 0 Å². The Labute approximate surface area is 94.2 Å². The van der Waals surface area contributed by atoms with E-state index in [0.29, 0.717) is 0 Å². The van der Waals surface area contributed by atoms with Gasteiger partial charge in [-0.1, -0.05) is 20.8 Å². The lowest BCUT2D eigenvalue weighted by atomic mass is 9.84. The summed E-state index contributed by atoms with van der Waals surface area (Å²) < 4.78 is 0. The van der Waals surface area contributed by atoms with Gasteiger partial charge in [-0.25, -0.2) is 0 Å². The SMILES string of the molecule is CC(C)(C)C(=O)[C@H](O)[C@@H](O)[C@H](O)[C@H](O)CO. The molecule has 0 rings (SSSR count). The van der Waals surface area contributed by atoms with Gasteiger partial charge in [0.1, 0.15) is 24.4 Å². The van der Waals surface area contributed by atoms with Gasteiger partial charge in [-0.2, -0.15) is 0 Å². The molecule has 0 amide bonds. The minimum absolute atomic E-state index is 0.649. The second kappa shape index (κ2) is 5.70. The largest absolute Gasteiger partial charge is 0.394 e. The molecule has 0 unspecified atom stereocenters. The van der Waals surface area contributed by atoms with Crippen molar-refractivity contribution in [2.24, 2.45) is 5.41 Å². The quantitative estimate of drug-likeness (QED) is 0.378. The molecular weight excluding hydrogens is 216 g/mol. The summed E-state index contributed by atoms with van der Waals surface area (Å²) in [5, 5.41) is 45.8. The lowest BCUT2D eigenvalue weighted by molar-refractivity contribution is -0.153. The third kappa shape index (κ3) is 3.80. The molecule has 0 saturated carbocycles. The van der Waals surface area contributed by atoms with E-state index in [0.717, 1.165) is 0 Å². The number of aliphatic hydroxyl groups is 5. The number of ketones is 1. The molecule has 0 aromatic heterocycles. The molecule has 0 aliphatic rings. The van der Waals surface area contributed by atoms with Gasteiger partial charge in [-0.05, 0) is 0 Å². The number of aliphatic hydroxyl groups excluding tert-OH is 5. The predicted molar refractivity (Wildman–Crippen MR) is 55.6 cm³/mol. The molecule has 0 aromatic carbocycles. The van der Waals surface area contributed by atoms with Crippen LogP contribution in [0.15, 0.2) is 0 Å². The average molecular weight is 236 g/mol. The number of rotatable bonds is 5. The number of Topliss-reactive ketones (excluding diaryl/α,β-unsaturated/α-hetero) is 1. The lowest BCUT2D eigenvalue weighted by Crippen LogP contribution is -2.51. The first-order chi connectivity index (χ1) is 7.12. The smallest absolute Gasteiger partial charge is 0.169 e. The second-order valence-corrected chi connectivity index (χ2v) is 4.79. The van der Waals surface area contributed by atoms with Gasteiger partial charge in [0, 0.05) is 5.41 Å². The van der Waals surface area contributed by atoms with Crippen LogP contribution in [0.25, 0.3) is 0 Å². The summed E-state index contributed by atoms with van der Waals surface area (Å²) in [7, 11) is 0. The summed E-state index contributed by atoms with van der Waals surface area (Å²) in [5.74, 6) is -0.649. The molecule has 5 N–H and O–H groups in total. The van der Waals surface area contributed by atoms with E-state index in [1.54, 1.807) is 20.8 Å². The zero-order valence-corrected chi connectivity index (χ0v) is 9.66. The number of carbonyl (C=O) groups is 1. The van der Waals surface area contributed by atoms with Gasteiger partial charge < -0.3 is 25.5 Å². The van der Waals surface area contributed by atoms with Gasteiger partial charge in [-0.3, -0.25) is 4.79 Å². The lowest BCUT2D eigenvalue weighted by Gasteiger charge is -2.28. The average Bonchev–Trinajstić information content (AvgIpc) is 2.22. The van der Waals surface area contributed by atoms with E-state index in [2.05, 4.69) is 0 Å². The molecule has 0 aromatic rings. The molecule has 4 atom stereocenters. The molecule has 0 radical (unpaired) electrons. The highest BCUT2D eigenvalue weighted by atomic mass is 16.4. The van der Waals surface area contributed by atoms with Crippen LogP contribution in [0.5, 0.6) is 0 Å². The Hall–Kier alpha value is -0.530. The van der Waals surface area contributed by atoms with Crippen LogP contribution in [0, 0.1) is 5.41 Å². The van der Waals surface area contributed by atoms with E-state index < -0.39 is 42.2 Å². The Bertz CT molecular complexity index is 234. The Morgan fingerprint density at radius 2 is 1.50 bits per heavy atom. The van der Waals surface area contributed by atoms with Gasteiger partial charge >= 0.3 is 0 Å². The number of carbonyl (C=O) groups excluding carboxylic acids is 1. The summed E-state index contributed by atoms with van der Waals surface area (Å²) in [6.45, 7) is 3.90. The summed E-state index contributed by atoms with van der Waals surface area (Å²) in [5.41, 5.74) is -0.871. The molecule has 0 heterocycles. The molecule has 16 heavy (non-hydrogen) atoms. The minimum Gasteiger partial charge on any atom is -0.394 e. The molecule has 6 nitrogen and oxygen atoms in total. The molecule has 0 fully saturated rings. The first-order valence-electron chi connectivity index (χ1n) is 5.00. The fourth-order valence-corrected chi connectivity index (χ4v) is 1.12. The van der Waals surface area contributed by atoms with Crippen molar-refractivity contribution >= 4 is 5.78 Å². The molecule has 0 aliphatic carbocycles. The van der Waals surface area contributed by atoms with Crippen LogP contribution in [-0.2, 0) is 4.79 Å². The molecule has 6 heteroatoms. The molecule has 0 aliphatic heterocycles. The summed E-state index contributed by atoms with van der Waals surface area (Å²) in [6, 6.07) is 0. The Morgan fingerprint density at radius 1 is 1.06 bits per heavy atom. The zero-order valence-electron chi connectivity index (χ0n) is 9.66. The fourth-order valence-electron chi connectivity index (χ4n) is 1.12. The third-order valence-corrected chi connectivity index (χ3v) is 2.26. The van der Waals surface area contributed by atoms with Crippen LogP contribution in [0.3, 0.4) is 0 Å². The van der Waals surface area contributed by atoms with Gasteiger partial charge in [0.05, 0.1) is 6.61 Å². The Kier molecular flexibility index (Phi) is 5.51. The van der Waals surface area contributed by atoms with Crippen molar-refractivity contribution in [2.45, 2.75) is 45.2 Å². The maximum absolute atomic E-state index is 11.6. The molecule has 0 saturated heterocycles. The van der Waals surface area contributed by atoms with Crippen LogP contribution < -0.4 is 0 Å². The normalized spacial score (nSPS) is 20.0.